The quantitative estimate of drug-likeness (QED) is 0.447. The van der Waals surface area contributed by atoms with Gasteiger partial charge in [0.25, 0.3) is 0 Å². The fraction of sp³-hybridized carbons (Fsp3) is 0.833. The topological polar surface area (TPSA) is 35.5 Å². The second kappa shape index (κ2) is 3.21. The molecular weight excluding hydrogens is 156 g/mol. The summed E-state index contributed by atoms with van der Waals surface area (Å²) in [7, 11) is 1.55. The van der Waals surface area contributed by atoms with Gasteiger partial charge in [0.15, 0.2) is 5.56 Å². The zero-order valence-corrected chi connectivity index (χ0v) is 6.43. The molecule has 0 radical (unpaired) electrons. The summed E-state index contributed by atoms with van der Waals surface area (Å²) < 4.78 is 9.46. The molecule has 4 heteroatoms. The van der Waals surface area contributed by atoms with Crippen molar-refractivity contribution in [2.75, 3.05) is 13.7 Å². The number of methoxy groups -OCH3 is 1. The van der Waals surface area contributed by atoms with Gasteiger partial charge in [0, 0.05) is 13.5 Å². The maximum Gasteiger partial charge on any atom is 0.312 e. The van der Waals surface area contributed by atoms with Crippen LogP contribution in [0.15, 0.2) is 0 Å². The minimum atomic E-state index is -0.451. The Morgan fingerprint density at radius 2 is 2.60 bits per heavy atom. The molecule has 0 aromatic carbocycles. The summed E-state index contributed by atoms with van der Waals surface area (Å²) in [5.41, 5.74) is -0.451. The van der Waals surface area contributed by atoms with Crippen molar-refractivity contribution in [3.05, 3.63) is 0 Å². The summed E-state index contributed by atoms with van der Waals surface area (Å²) in [4.78, 5) is 10.8. The molecule has 0 N–H and O–H groups in total. The van der Waals surface area contributed by atoms with Crippen molar-refractivity contribution in [3.63, 3.8) is 0 Å². The number of hydrogen-bond acceptors (Lipinski definition) is 3. The first-order chi connectivity index (χ1) is 4.74. The molecule has 0 spiro atoms. The maximum absolute atomic E-state index is 10.8. The lowest BCUT2D eigenvalue weighted by Crippen LogP contribution is -2.13. The van der Waals surface area contributed by atoms with E-state index in [9.17, 15) is 4.79 Å². The van der Waals surface area contributed by atoms with E-state index in [-0.39, 0.29) is 11.9 Å². The van der Waals surface area contributed by atoms with Crippen LogP contribution in [0.5, 0.6) is 0 Å². The monoisotopic (exact) mass is 164 g/mol. The Balaban J connectivity index is 2.39. The van der Waals surface area contributed by atoms with E-state index in [2.05, 4.69) is 4.74 Å². The van der Waals surface area contributed by atoms with E-state index in [0.29, 0.717) is 13.0 Å². The highest BCUT2D eigenvalue weighted by atomic mass is 35.5. The van der Waals surface area contributed by atoms with Gasteiger partial charge in [-0.1, -0.05) is 11.6 Å². The predicted molar refractivity (Wildman–Crippen MR) is 35.7 cm³/mol. The molecule has 1 aliphatic heterocycles. The van der Waals surface area contributed by atoms with Crippen molar-refractivity contribution in [2.24, 2.45) is 5.92 Å². The summed E-state index contributed by atoms with van der Waals surface area (Å²) in [6.45, 7) is 0.405. The number of cyclic esters (lactones) is 1. The van der Waals surface area contributed by atoms with E-state index in [1.807, 2.05) is 0 Å². The van der Waals surface area contributed by atoms with Gasteiger partial charge in [0.2, 0.25) is 0 Å². The van der Waals surface area contributed by atoms with Crippen LogP contribution < -0.4 is 0 Å². The third-order valence-corrected chi connectivity index (χ3v) is 1.68. The van der Waals surface area contributed by atoms with Crippen molar-refractivity contribution in [2.45, 2.75) is 12.0 Å². The summed E-state index contributed by atoms with van der Waals surface area (Å²) in [5.74, 6) is -0.408. The number of hydrogen-bond donors (Lipinski definition) is 0. The summed E-state index contributed by atoms with van der Waals surface area (Å²) >= 11 is 5.54. The lowest BCUT2D eigenvalue weighted by Gasteiger charge is -2.00. The van der Waals surface area contributed by atoms with E-state index >= 15 is 0 Å². The minimum Gasteiger partial charge on any atom is -0.446 e. The molecule has 0 aliphatic carbocycles. The average molecular weight is 165 g/mol. The van der Waals surface area contributed by atoms with E-state index in [4.69, 9.17) is 16.3 Å². The molecule has 0 aromatic heterocycles. The SMILES string of the molecule is COCC1CC(Cl)OC1=O. The summed E-state index contributed by atoms with van der Waals surface area (Å²) in [6, 6.07) is 0. The highest BCUT2D eigenvalue weighted by Gasteiger charge is 2.32. The second-order valence-corrected chi connectivity index (χ2v) is 2.72. The van der Waals surface area contributed by atoms with Crippen LogP contribution in [0, 0.1) is 5.92 Å². The smallest absolute Gasteiger partial charge is 0.312 e. The number of rotatable bonds is 2. The fourth-order valence-corrected chi connectivity index (χ4v) is 1.23. The van der Waals surface area contributed by atoms with Crippen LogP contribution >= 0.6 is 11.6 Å². The van der Waals surface area contributed by atoms with Gasteiger partial charge < -0.3 is 9.47 Å². The van der Waals surface area contributed by atoms with Gasteiger partial charge in [0.05, 0.1) is 12.5 Å². The Morgan fingerprint density at radius 1 is 1.90 bits per heavy atom. The number of ether oxygens (including phenoxy) is 2. The molecule has 0 aromatic rings. The molecule has 1 rings (SSSR count). The van der Waals surface area contributed by atoms with Gasteiger partial charge in [-0.05, 0) is 0 Å². The largest absolute Gasteiger partial charge is 0.446 e. The molecule has 1 fully saturated rings. The average Bonchev–Trinajstić information content (AvgIpc) is 2.13. The standard InChI is InChI=1S/C6H9ClO3/c1-9-3-4-2-5(7)10-6(4)8/h4-5H,2-3H2,1H3. The molecule has 2 atom stereocenters. The molecule has 0 bridgehead atoms. The highest BCUT2D eigenvalue weighted by Crippen LogP contribution is 2.23. The molecule has 1 aliphatic rings. The summed E-state index contributed by atoms with van der Waals surface area (Å²) in [5, 5.41) is 0. The Labute approximate surface area is 64.3 Å². The van der Waals surface area contributed by atoms with Gasteiger partial charge in [-0.3, -0.25) is 4.79 Å². The van der Waals surface area contributed by atoms with Gasteiger partial charge >= 0.3 is 5.97 Å². The third-order valence-electron chi connectivity index (χ3n) is 1.42. The number of esters is 1. The second-order valence-electron chi connectivity index (χ2n) is 2.23. The van der Waals surface area contributed by atoms with Gasteiger partial charge in [-0.15, -0.1) is 0 Å². The molecule has 2 unspecified atom stereocenters. The Morgan fingerprint density at radius 3 is 3.00 bits per heavy atom. The van der Waals surface area contributed by atoms with Crippen LogP contribution in [-0.2, 0) is 14.3 Å². The normalized spacial score (nSPS) is 32.4. The maximum atomic E-state index is 10.8. The van der Waals surface area contributed by atoms with E-state index in [1.165, 1.54) is 0 Å². The van der Waals surface area contributed by atoms with E-state index < -0.39 is 5.56 Å². The van der Waals surface area contributed by atoms with Crippen molar-refractivity contribution < 1.29 is 14.3 Å². The Bertz CT molecular complexity index is 137. The molecule has 10 heavy (non-hydrogen) atoms. The predicted octanol–water partition coefficient (Wildman–Crippen LogP) is 0.761. The molecule has 1 saturated heterocycles. The fourth-order valence-electron chi connectivity index (χ4n) is 0.928. The lowest BCUT2D eigenvalue weighted by molar-refractivity contribution is -0.143. The van der Waals surface area contributed by atoms with Gasteiger partial charge in [0.1, 0.15) is 0 Å². The van der Waals surface area contributed by atoms with E-state index in [1.54, 1.807) is 7.11 Å². The van der Waals surface area contributed by atoms with Crippen molar-refractivity contribution in [3.8, 4) is 0 Å². The van der Waals surface area contributed by atoms with Crippen LogP contribution in [-0.4, -0.2) is 25.2 Å². The van der Waals surface area contributed by atoms with Crippen molar-refractivity contribution >= 4 is 17.6 Å². The Kier molecular flexibility index (Phi) is 2.51. The van der Waals surface area contributed by atoms with Crippen LogP contribution in [0.4, 0.5) is 0 Å². The zero-order valence-electron chi connectivity index (χ0n) is 5.67. The molecular formula is C6H9ClO3. The lowest BCUT2D eigenvalue weighted by atomic mass is 10.1. The zero-order chi connectivity index (χ0) is 7.56. The van der Waals surface area contributed by atoms with E-state index in [0.717, 1.165) is 0 Å². The van der Waals surface area contributed by atoms with Crippen molar-refractivity contribution in [1.82, 2.24) is 0 Å². The number of alkyl halides is 1. The van der Waals surface area contributed by atoms with Crippen LogP contribution in [0.25, 0.3) is 0 Å². The first kappa shape index (κ1) is 7.82. The van der Waals surface area contributed by atoms with Crippen LogP contribution in [0.3, 0.4) is 0 Å². The number of carbonyl (C=O) groups is 1. The first-order valence-electron chi connectivity index (χ1n) is 3.07. The molecule has 1 heterocycles. The van der Waals surface area contributed by atoms with Crippen LogP contribution in [0.1, 0.15) is 6.42 Å². The molecule has 58 valence electrons. The van der Waals surface area contributed by atoms with Crippen LogP contribution in [0.2, 0.25) is 0 Å². The number of halogens is 1. The summed E-state index contributed by atoms with van der Waals surface area (Å²) in [6.07, 6.45) is 0.564. The Hall–Kier alpha value is -0.280. The number of carbonyl (C=O) groups excluding carboxylic acids is 1. The molecule has 0 saturated carbocycles. The highest BCUT2D eigenvalue weighted by molar-refractivity contribution is 6.20. The van der Waals surface area contributed by atoms with Gasteiger partial charge in [-0.25, -0.2) is 0 Å². The van der Waals surface area contributed by atoms with Crippen molar-refractivity contribution in [1.29, 1.82) is 0 Å². The first-order valence-corrected chi connectivity index (χ1v) is 3.51. The molecule has 0 amide bonds. The third kappa shape index (κ3) is 1.61. The molecule has 3 nitrogen and oxygen atoms in total. The minimum absolute atomic E-state index is 0.160. The van der Waals surface area contributed by atoms with Gasteiger partial charge in [-0.2, -0.15) is 0 Å².